The molecule has 1 saturated carbocycles. The summed E-state index contributed by atoms with van der Waals surface area (Å²) in [5, 5.41) is 17.2. The van der Waals surface area contributed by atoms with E-state index in [4.69, 9.17) is 33.0 Å². The van der Waals surface area contributed by atoms with Crippen LogP contribution in [0.1, 0.15) is 30.9 Å². The molecule has 4 aliphatic rings. The van der Waals surface area contributed by atoms with Crippen LogP contribution in [-0.2, 0) is 26.2 Å². The van der Waals surface area contributed by atoms with Gasteiger partial charge in [-0.2, -0.15) is 5.10 Å². The van der Waals surface area contributed by atoms with Crippen LogP contribution in [0.4, 0.5) is 11.5 Å². The van der Waals surface area contributed by atoms with Crippen LogP contribution in [0.25, 0.3) is 26.7 Å². The molecule has 0 bridgehead atoms. The van der Waals surface area contributed by atoms with Gasteiger partial charge in [0.1, 0.15) is 11.5 Å². The van der Waals surface area contributed by atoms with Crippen molar-refractivity contribution in [3.05, 3.63) is 106 Å². The second kappa shape index (κ2) is 13.2. The Labute approximate surface area is 336 Å². The van der Waals surface area contributed by atoms with E-state index in [1.54, 1.807) is 65.5 Å². The van der Waals surface area contributed by atoms with Gasteiger partial charge in [0, 0.05) is 33.8 Å². The molecule has 0 unspecified atom stereocenters. The third-order valence-corrected chi connectivity index (χ3v) is 14.1. The first kappa shape index (κ1) is 36.4. The molecule has 10 nitrogen and oxygen atoms in total. The molecule has 4 heterocycles. The number of hydrogen-bond donors (Lipinski definition) is 1. The lowest BCUT2D eigenvalue weighted by Crippen LogP contribution is -2.49. The number of imide groups is 2. The van der Waals surface area contributed by atoms with Crippen LogP contribution in [0, 0.1) is 41.9 Å². The fourth-order valence-corrected chi connectivity index (χ4v) is 10.9. The first-order chi connectivity index (χ1) is 26.8. The zero-order valence-corrected chi connectivity index (χ0v) is 33.2. The number of allylic oxidation sites excluding steroid dienone is 3. The van der Waals surface area contributed by atoms with Crippen molar-refractivity contribution in [3.8, 4) is 22.1 Å². The number of halogens is 2. The molecule has 3 aromatic carbocycles. The number of aromatic hydroxyl groups is 1. The molecule has 56 heavy (non-hydrogen) atoms. The van der Waals surface area contributed by atoms with E-state index in [2.05, 4.69) is 0 Å². The van der Waals surface area contributed by atoms with Gasteiger partial charge in [-0.1, -0.05) is 53.1 Å². The summed E-state index contributed by atoms with van der Waals surface area (Å²) in [6.07, 6.45) is 6.32. The summed E-state index contributed by atoms with van der Waals surface area (Å²) in [7, 11) is 3.19. The lowest BCUT2D eigenvalue weighted by Gasteiger charge is -2.47. The van der Waals surface area contributed by atoms with Crippen molar-refractivity contribution in [3.63, 3.8) is 0 Å². The van der Waals surface area contributed by atoms with Crippen LogP contribution in [0.2, 0.25) is 10.0 Å². The van der Waals surface area contributed by atoms with Crippen molar-refractivity contribution in [2.24, 2.45) is 42.1 Å². The number of carbonyl (C=O) groups excluding carboxylic acids is 4. The molecule has 5 aromatic rings. The number of phenols is 1. The molecule has 2 aromatic heterocycles. The summed E-state index contributed by atoms with van der Waals surface area (Å²) in [5.74, 6) is -3.92. The van der Waals surface area contributed by atoms with Crippen LogP contribution in [0.3, 0.4) is 0 Å². The summed E-state index contributed by atoms with van der Waals surface area (Å²) in [6, 6.07) is 19.1. The zero-order chi connectivity index (χ0) is 39.4. The predicted molar refractivity (Wildman–Crippen MR) is 217 cm³/mol. The van der Waals surface area contributed by atoms with Crippen LogP contribution in [0.5, 0.6) is 11.5 Å². The standard InChI is InChI=1S/C43H36Cl2N4O6S/c1-21-28-18-24(45)9-16-35(28)56-38(21)32-20-36(47(3)46-32)49-40(52)31-19-29-26(12-13-27-37(29)41(53)48(39(27)51)25-10-7-23(44)8-11-25)30(43(31,2)42(49)54)14-5-22-6-15-33(50)34(17-22)55-4/h5-12,14-18,20,27,29-31,37,50H,13,19H2,1-4H3/t27-,29+,30-,31-,37-,43-/m0/s1. The number of amides is 4. The number of nitrogens with zero attached hydrogens (tertiary/aromatic N) is 4. The summed E-state index contributed by atoms with van der Waals surface area (Å²) in [5.41, 5.74) is 2.41. The number of thiophene rings is 1. The highest BCUT2D eigenvalue weighted by molar-refractivity contribution is 7.22. The van der Waals surface area contributed by atoms with E-state index in [1.807, 2.05) is 50.3 Å². The minimum absolute atomic E-state index is 0.0116. The second-order valence-corrected chi connectivity index (χ2v) is 17.1. The van der Waals surface area contributed by atoms with Crippen LogP contribution in [0.15, 0.2) is 84.5 Å². The number of hydrogen-bond acceptors (Lipinski definition) is 8. The predicted octanol–water partition coefficient (Wildman–Crippen LogP) is 8.61. The molecule has 13 heteroatoms. The quantitative estimate of drug-likeness (QED) is 0.135. The molecule has 1 N–H and O–H groups in total. The number of ether oxygens (including phenoxy) is 1. The fourth-order valence-electron chi connectivity index (χ4n) is 9.50. The molecule has 6 atom stereocenters. The van der Waals surface area contributed by atoms with Gasteiger partial charge in [-0.05, 0) is 104 Å². The van der Waals surface area contributed by atoms with E-state index in [-0.39, 0.29) is 41.5 Å². The molecule has 0 radical (unpaired) electrons. The van der Waals surface area contributed by atoms with E-state index < -0.39 is 35.0 Å². The monoisotopic (exact) mass is 806 g/mol. The van der Waals surface area contributed by atoms with Gasteiger partial charge in [-0.3, -0.25) is 28.8 Å². The Kier molecular flexibility index (Phi) is 8.57. The van der Waals surface area contributed by atoms with E-state index in [1.165, 1.54) is 23.0 Å². The molecule has 2 aliphatic carbocycles. The molecular formula is C43H36Cl2N4O6S. The number of rotatable bonds is 6. The molecule has 2 saturated heterocycles. The Morgan fingerprint density at radius 1 is 0.929 bits per heavy atom. The highest BCUT2D eigenvalue weighted by Gasteiger charge is 2.67. The minimum Gasteiger partial charge on any atom is -0.504 e. The van der Waals surface area contributed by atoms with Gasteiger partial charge in [0.25, 0.3) is 0 Å². The van der Waals surface area contributed by atoms with Crippen LogP contribution in [-0.4, -0.2) is 45.6 Å². The van der Waals surface area contributed by atoms with Crippen LogP contribution < -0.4 is 14.5 Å². The highest BCUT2D eigenvalue weighted by Crippen LogP contribution is 2.61. The first-order valence-corrected chi connectivity index (χ1v) is 19.9. The molecule has 3 fully saturated rings. The maximum Gasteiger partial charge on any atom is 0.242 e. The maximum atomic E-state index is 15.1. The van der Waals surface area contributed by atoms with Crippen molar-refractivity contribution >= 4 is 85.8 Å². The molecule has 0 spiro atoms. The smallest absolute Gasteiger partial charge is 0.242 e. The topological polar surface area (TPSA) is 122 Å². The van der Waals surface area contributed by atoms with Gasteiger partial charge < -0.3 is 9.84 Å². The summed E-state index contributed by atoms with van der Waals surface area (Å²) < 4.78 is 7.97. The van der Waals surface area contributed by atoms with Gasteiger partial charge in [-0.25, -0.2) is 4.90 Å². The van der Waals surface area contributed by atoms with Crippen molar-refractivity contribution in [1.82, 2.24) is 9.78 Å². The number of phenolic OH excluding ortho intramolecular Hbond substituents is 1. The summed E-state index contributed by atoms with van der Waals surface area (Å²) >= 11 is 14.0. The average molecular weight is 808 g/mol. The normalized spacial score (nSPS) is 26.0. The van der Waals surface area contributed by atoms with E-state index in [0.717, 1.165) is 26.1 Å². The Bertz CT molecular complexity index is 2590. The molecule has 2 aliphatic heterocycles. The SMILES string of the molecule is COc1cc(C=C[C@H]2C3=CC[C@@H]4C(=O)N(c5ccc(Cl)cc5)C(=O)[C@@H]4[C@@H]3C[C@H]3C(=O)N(c4cc(-c5sc6ccc(Cl)cc6c5C)nn4C)C(=O)[C@@]23C)ccc1O. The van der Waals surface area contributed by atoms with Gasteiger partial charge in [0.2, 0.25) is 23.6 Å². The van der Waals surface area contributed by atoms with Crippen LogP contribution >= 0.6 is 34.5 Å². The van der Waals surface area contributed by atoms with Crippen molar-refractivity contribution in [1.29, 1.82) is 0 Å². The van der Waals surface area contributed by atoms with Gasteiger partial charge >= 0.3 is 0 Å². The largest absolute Gasteiger partial charge is 0.504 e. The molecule has 4 amide bonds. The van der Waals surface area contributed by atoms with Gasteiger partial charge in [-0.15, -0.1) is 11.3 Å². The molecule has 9 rings (SSSR count). The van der Waals surface area contributed by atoms with E-state index in [0.29, 0.717) is 39.2 Å². The number of fused-ring (bicyclic) bond motifs is 5. The molecule has 284 valence electrons. The van der Waals surface area contributed by atoms with Crippen molar-refractivity contribution < 1.29 is 29.0 Å². The average Bonchev–Trinajstić information content (AvgIpc) is 3.85. The Balaban J connectivity index is 1.13. The Hall–Kier alpha value is -5.23. The number of benzene rings is 3. The van der Waals surface area contributed by atoms with E-state index >= 15 is 4.79 Å². The van der Waals surface area contributed by atoms with Gasteiger partial charge in [0.05, 0.1) is 40.8 Å². The molecular weight excluding hydrogens is 771 g/mol. The third kappa shape index (κ3) is 5.31. The van der Waals surface area contributed by atoms with Gasteiger partial charge in [0.15, 0.2) is 11.5 Å². The van der Waals surface area contributed by atoms with Crippen molar-refractivity contribution in [2.75, 3.05) is 16.9 Å². The lowest BCUT2D eigenvalue weighted by atomic mass is 9.52. The first-order valence-electron chi connectivity index (χ1n) is 18.3. The minimum atomic E-state index is -1.24. The maximum absolute atomic E-state index is 15.1. The zero-order valence-electron chi connectivity index (χ0n) is 30.8. The second-order valence-electron chi connectivity index (χ2n) is 15.2. The summed E-state index contributed by atoms with van der Waals surface area (Å²) in [6.45, 7) is 3.85. The Morgan fingerprint density at radius 2 is 1.68 bits per heavy atom. The number of carbonyl (C=O) groups is 4. The number of anilines is 2. The number of methoxy groups -OCH3 is 1. The third-order valence-electron chi connectivity index (χ3n) is 12.3. The summed E-state index contributed by atoms with van der Waals surface area (Å²) in [4.78, 5) is 61.7. The van der Waals surface area contributed by atoms with Crippen molar-refractivity contribution in [2.45, 2.75) is 26.7 Å². The highest BCUT2D eigenvalue weighted by atomic mass is 35.5. The fraction of sp³-hybridized carbons (Fsp3) is 0.279. The number of aryl methyl sites for hydroxylation is 2. The lowest BCUT2D eigenvalue weighted by molar-refractivity contribution is -0.132. The Morgan fingerprint density at radius 3 is 2.43 bits per heavy atom. The van der Waals surface area contributed by atoms with E-state index in [9.17, 15) is 19.5 Å². The number of aromatic nitrogens is 2.